The molecule has 0 bridgehead atoms. The Hall–Kier alpha value is -2.90. The zero-order valence-electron chi connectivity index (χ0n) is 19.2. The fourth-order valence-electron chi connectivity index (χ4n) is 3.02. The van der Waals surface area contributed by atoms with E-state index in [2.05, 4.69) is 10.6 Å². The lowest BCUT2D eigenvalue weighted by Crippen LogP contribution is -2.26. The highest BCUT2D eigenvalue weighted by atomic mass is 16.5. The van der Waals surface area contributed by atoms with E-state index in [1.807, 2.05) is 0 Å². The molecular weight excluding hydrogens is 412 g/mol. The Morgan fingerprint density at radius 2 is 1.12 bits per heavy atom. The molecule has 1 aromatic carbocycles. The lowest BCUT2D eigenvalue weighted by atomic mass is 10.1. The van der Waals surface area contributed by atoms with Crippen molar-refractivity contribution in [3.63, 3.8) is 0 Å². The SMILES string of the molecule is CCOC(=O)CCCCCNC(=O)c1cccc(C(=O)NCCCCCC(=O)OCC)c1. The van der Waals surface area contributed by atoms with Crippen LogP contribution in [0.1, 0.15) is 85.9 Å². The van der Waals surface area contributed by atoms with Gasteiger partial charge in [0.2, 0.25) is 0 Å². The van der Waals surface area contributed by atoms with Crippen molar-refractivity contribution < 1.29 is 28.7 Å². The van der Waals surface area contributed by atoms with E-state index in [0.29, 0.717) is 50.3 Å². The predicted octanol–water partition coefficient (Wildman–Crippen LogP) is 3.39. The van der Waals surface area contributed by atoms with Crippen molar-refractivity contribution in [1.29, 1.82) is 0 Å². The number of rotatable bonds is 16. The number of carbonyl (C=O) groups excluding carboxylic acids is 4. The number of hydrogen-bond acceptors (Lipinski definition) is 6. The second-order valence-corrected chi connectivity index (χ2v) is 7.32. The highest BCUT2D eigenvalue weighted by molar-refractivity contribution is 5.99. The Morgan fingerprint density at radius 1 is 0.688 bits per heavy atom. The van der Waals surface area contributed by atoms with Gasteiger partial charge in [-0.2, -0.15) is 0 Å². The van der Waals surface area contributed by atoms with E-state index in [0.717, 1.165) is 38.5 Å². The maximum atomic E-state index is 12.3. The van der Waals surface area contributed by atoms with Gasteiger partial charge in [-0.3, -0.25) is 19.2 Å². The molecule has 0 saturated carbocycles. The molecule has 8 nitrogen and oxygen atoms in total. The fourth-order valence-corrected chi connectivity index (χ4v) is 3.02. The fraction of sp³-hybridized carbons (Fsp3) is 0.583. The smallest absolute Gasteiger partial charge is 0.305 e. The molecule has 1 aromatic rings. The van der Waals surface area contributed by atoms with Crippen molar-refractivity contribution in [2.75, 3.05) is 26.3 Å². The number of carbonyl (C=O) groups is 4. The molecule has 2 N–H and O–H groups in total. The first-order valence-electron chi connectivity index (χ1n) is 11.5. The molecular formula is C24H36N2O6. The topological polar surface area (TPSA) is 111 Å². The Labute approximate surface area is 190 Å². The molecule has 2 amide bonds. The molecule has 0 saturated heterocycles. The van der Waals surface area contributed by atoms with Gasteiger partial charge >= 0.3 is 11.9 Å². The molecule has 0 aliphatic heterocycles. The summed E-state index contributed by atoms with van der Waals surface area (Å²) in [5.41, 5.74) is 0.859. The monoisotopic (exact) mass is 448 g/mol. The average molecular weight is 449 g/mol. The van der Waals surface area contributed by atoms with Crippen LogP contribution in [0.3, 0.4) is 0 Å². The number of amides is 2. The van der Waals surface area contributed by atoms with Gasteiger partial charge in [0.25, 0.3) is 11.8 Å². The highest BCUT2D eigenvalue weighted by Gasteiger charge is 2.10. The van der Waals surface area contributed by atoms with E-state index < -0.39 is 0 Å². The Morgan fingerprint density at radius 3 is 1.53 bits per heavy atom. The molecule has 8 heteroatoms. The van der Waals surface area contributed by atoms with E-state index in [1.54, 1.807) is 38.1 Å². The average Bonchev–Trinajstić information content (AvgIpc) is 2.78. The third-order valence-electron chi connectivity index (χ3n) is 4.68. The Kier molecular flexibility index (Phi) is 14.2. The van der Waals surface area contributed by atoms with Crippen LogP contribution in [0.4, 0.5) is 0 Å². The van der Waals surface area contributed by atoms with Gasteiger partial charge in [0.1, 0.15) is 0 Å². The van der Waals surface area contributed by atoms with Crippen LogP contribution in [0.2, 0.25) is 0 Å². The minimum absolute atomic E-state index is 0.191. The van der Waals surface area contributed by atoms with Crippen molar-refractivity contribution in [1.82, 2.24) is 10.6 Å². The molecule has 0 aliphatic rings. The molecule has 0 radical (unpaired) electrons. The van der Waals surface area contributed by atoms with Crippen molar-refractivity contribution >= 4 is 23.8 Å². The first-order valence-corrected chi connectivity index (χ1v) is 11.5. The zero-order valence-corrected chi connectivity index (χ0v) is 19.2. The molecule has 0 heterocycles. The summed E-state index contributed by atoms with van der Waals surface area (Å²) in [5.74, 6) is -0.848. The predicted molar refractivity (Wildman–Crippen MR) is 121 cm³/mol. The van der Waals surface area contributed by atoms with Gasteiger partial charge in [-0.05, 0) is 57.7 Å². The van der Waals surface area contributed by atoms with Crippen LogP contribution in [0.5, 0.6) is 0 Å². The maximum absolute atomic E-state index is 12.3. The quantitative estimate of drug-likeness (QED) is 0.296. The van der Waals surface area contributed by atoms with Crippen molar-refractivity contribution in [2.45, 2.75) is 65.2 Å². The molecule has 0 atom stereocenters. The Bertz CT molecular complexity index is 678. The molecule has 32 heavy (non-hydrogen) atoms. The van der Waals surface area contributed by atoms with Crippen molar-refractivity contribution in [2.24, 2.45) is 0 Å². The van der Waals surface area contributed by atoms with Gasteiger partial charge in [-0.25, -0.2) is 0 Å². The van der Waals surface area contributed by atoms with E-state index in [-0.39, 0.29) is 23.8 Å². The van der Waals surface area contributed by atoms with E-state index in [4.69, 9.17) is 9.47 Å². The summed E-state index contributed by atoms with van der Waals surface area (Å²) in [6.07, 6.45) is 5.42. The van der Waals surface area contributed by atoms with Crippen molar-refractivity contribution in [3.8, 4) is 0 Å². The minimum atomic E-state index is -0.232. The summed E-state index contributed by atoms with van der Waals surface area (Å²) in [6.45, 7) is 5.35. The van der Waals surface area contributed by atoms with Crippen LogP contribution < -0.4 is 10.6 Å². The first kappa shape index (κ1) is 27.1. The zero-order chi connectivity index (χ0) is 23.6. The minimum Gasteiger partial charge on any atom is -0.466 e. The Balaban J connectivity index is 2.26. The maximum Gasteiger partial charge on any atom is 0.305 e. The van der Waals surface area contributed by atoms with Gasteiger partial charge in [-0.15, -0.1) is 0 Å². The summed E-state index contributed by atoms with van der Waals surface area (Å²) in [5, 5.41) is 5.68. The first-order chi connectivity index (χ1) is 15.5. The molecule has 0 fully saturated rings. The molecule has 0 unspecified atom stereocenters. The van der Waals surface area contributed by atoms with Gasteiger partial charge in [0.15, 0.2) is 0 Å². The second kappa shape index (κ2) is 16.8. The van der Waals surface area contributed by atoms with Crippen LogP contribution in [0.25, 0.3) is 0 Å². The van der Waals surface area contributed by atoms with Gasteiger partial charge in [-0.1, -0.05) is 18.9 Å². The summed E-state index contributed by atoms with van der Waals surface area (Å²) in [7, 11) is 0. The van der Waals surface area contributed by atoms with E-state index in [1.165, 1.54) is 0 Å². The van der Waals surface area contributed by atoms with Gasteiger partial charge < -0.3 is 20.1 Å². The van der Waals surface area contributed by atoms with Crippen LogP contribution in [0.15, 0.2) is 24.3 Å². The van der Waals surface area contributed by atoms with Crippen LogP contribution in [-0.4, -0.2) is 50.1 Å². The van der Waals surface area contributed by atoms with Crippen LogP contribution >= 0.6 is 0 Å². The third-order valence-corrected chi connectivity index (χ3v) is 4.68. The summed E-state index contributed by atoms with van der Waals surface area (Å²) in [6, 6.07) is 6.60. The normalized spacial score (nSPS) is 10.3. The van der Waals surface area contributed by atoms with E-state index >= 15 is 0 Å². The number of unbranched alkanes of at least 4 members (excludes halogenated alkanes) is 4. The van der Waals surface area contributed by atoms with Gasteiger partial charge in [0, 0.05) is 37.1 Å². The number of benzene rings is 1. The number of esters is 2. The summed E-state index contributed by atoms with van der Waals surface area (Å²) < 4.78 is 9.75. The lowest BCUT2D eigenvalue weighted by molar-refractivity contribution is -0.144. The van der Waals surface area contributed by atoms with Crippen LogP contribution in [-0.2, 0) is 19.1 Å². The largest absolute Gasteiger partial charge is 0.466 e. The molecule has 0 aliphatic carbocycles. The molecule has 178 valence electrons. The number of nitrogens with one attached hydrogen (secondary N) is 2. The molecule has 0 spiro atoms. The molecule has 1 rings (SSSR count). The number of ether oxygens (including phenoxy) is 2. The van der Waals surface area contributed by atoms with Gasteiger partial charge in [0.05, 0.1) is 13.2 Å². The third kappa shape index (κ3) is 12.1. The van der Waals surface area contributed by atoms with Crippen molar-refractivity contribution in [3.05, 3.63) is 35.4 Å². The molecule has 0 aromatic heterocycles. The lowest BCUT2D eigenvalue weighted by Gasteiger charge is -2.08. The number of hydrogen-bond donors (Lipinski definition) is 2. The standard InChI is InChI=1S/C24H36N2O6/c1-3-31-21(27)14-7-5-9-16-25-23(29)19-12-11-13-20(18-19)24(30)26-17-10-6-8-15-22(28)32-4-2/h11-13,18H,3-10,14-17H2,1-2H3,(H,25,29)(H,26,30). The summed E-state index contributed by atoms with van der Waals surface area (Å²) in [4.78, 5) is 47.2. The summed E-state index contributed by atoms with van der Waals surface area (Å²) >= 11 is 0. The second-order valence-electron chi connectivity index (χ2n) is 7.32. The van der Waals surface area contributed by atoms with E-state index in [9.17, 15) is 19.2 Å². The van der Waals surface area contributed by atoms with Crippen LogP contribution in [0, 0.1) is 0 Å². The highest BCUT2D eigenvalue weighted by Crippen LogP contribution is 2.07.